The highest BCUT2D eigenvalue weighted by Crippen LogP contribution is 2.30. The summed E-state index contributed by atoms with van der Waals surface area (Å²) in [4.78, 5) is 22.9. The molecular weight excluding hydrogens is 462 g/mol. The number of hydrogen-bond donors (Lipinski definition) is 1. The van der Waals surface area contributed by atoms with Gasteiger partial charge in [-0.05, 0) is 49.9 Å². The molecule has 2 aromatic carbocycles. The number of carbonyl (C=O) groups is 1. The lowest BCUT2D eigenvalue weighted by Gasteiger charge is -2.30. The molecule has 0 atom stereocenters. The summed E-state index contributed by atoms with van der Waals surface area (Å²) < 4.78 is 38.3. The lowest BCUT2D eigenvalue weighted by molar-refractivity contribution is -0.384. The third kappa shape index (κ3) is 5.65. The molecule has 1 aliphatic rings. The van der Waals surface area contributed by atoms with Crippen LogP contribution in [0.5, 0.6) is 5.75 Å². The van der Waals surface area contributed by atoms with Crippen LogP contribution in [-0.2, 0) is 19.6 Å². The van der Waals surface area contributed by atoms with Gasteiger partial charge in [-0.1, -0.05) is 18.2 Å². The predicted molar refractivity (Wildman–Crippen MR) is 126 cm³/mol. The molecule has 0 amide bonds. The molecule has 1 N–H and O–H groups in total. The number of aryl methyl sites for hydroxylation is 2. The van der Waals surface area contributed by atoms with Crippen LogP contribution in [0, 0.1) is 29.9 Å². The molecule has 1 fully saturated rings. The summed E-state index contributed by atoms with van der Waals surface area (Å²) in [5.41, 5.74) is 1.92. The summed E-state index contributed by atoms with van der Waals surface area (Å²) in [5, 5.41) is 14.0. The molecule has 11 heteroatoms. The molecule has 2 aromatic rings. The van der Waals surface area contributed by atoms with Gasteiger partial charge in [0.15, 0.2) is 0 Å². The number of ether oxygens (including phenoxy) is 2. The fourth-order valence-electron chi connectivity index (χ4n) is 3.95. The van der Waals surface area contributed by atoms with Crippen molar-refractivity contribution in [2.75, 3.05) is 38.7 Å². The van der Waals surface area contributed by atoms with Gasteiger partial charge in [-0.15, -0.1) is 0 Å². The van der Waals surface area contributed by atoms with Crippen molar-refractivity contribution >= 4 is 27.4 Å². The summed E-state index contributed by atoms with van der Waals surface area (Å²) in [5.74, 6) is -0.0103. The van der Waals surface area contributed by atoms with Crippen LogP contribution in [0.15, 0.2) is 41.3 Å². The fourth-order valence-corrected chi connectivity index (χ4v) is 5.44. The molecule has 1 saturated heterocycles. The first-order chi connectivity index (χ1) is 16.1. The molecule has 0 aromatic heterocycles. The van der Waals surface area contributed by atoms with Gasteiger partial charge in [-0.3, -0.25) is 14.9 Å². The van der Waals surface area contributed by atoms with Crippen LogP contribution in [0.1, 0.15) is 24.0 Å². The lowest BCUT2D eigenvalue weighted by Crippen LogP contribution is -2.40. The average molecular weight is 492 g/mol. The Kier molecular flexibility index (Phi) is 8.11. The fraction of sp³-hybridized carbons (Fsp3) is 0.435. The van der Waals surface area contributed by atoms with Crippen LogP contribution in [0.25, 0.3) is 0 Å². The van der Waals surface area contributed by atoms with Crippen molar-refractivity contribution in [2.45, 2.75) is 31.6 Å². The molecule has 0 spiro atoms. The number of benzene rings is 2. The molecule has 34 heavy (non-hydrogen) atoms. The second kappa shape index (κ2) is 10.8. The number of sulfonamides is 1. The van der Waals surface area contributed by atoms with Gasteiger partial charge in [-0.25, -0.2) is 8.42 Å². The van der Waals surface area contributed by atoms with Crippen molar-refractivity contribution < 1.29 is 27.6 Å². The van der Waals surface area contributed by atoms with Gasteiger partial charge in [0.25, 0.3) is 5.69 Å². The Morgan fingerprint density at radius 2 is 1.79 bits per heavy atom. The Morgan fingerprint density at radius 1 is 1.15 bits per heavy atom. The van der Waals surface area contributed by atoms with Crippen LogP contribution in [0.3, 0.4) is 0 Å². The lowest BCUT2D eigenvalue weighted by atomic mass is 9.98. The summed E-state index contributed by atoms with van der Waals surface area (Å²) in [6.45, 7) is 4.48. The number of nitro groups is 1. The highest BCUT2D eigenvalue weighted by Gasteiger charge is 2.33. The van der Waals surface area contributed by atoms with E-state index < -0.39 is 20.9 Å². The third-order valence-electron chi connectivity index (χ3n) is 5.84. The van der Waals surface area contributed by atoms with E-state index in [9.17, 15) is 23.3 Å². The zero-order chi connectivity index (χ0) is 24.9. The number of nitrogens with one attached hydrogen (secondary N) is 1. The molecule has 0 unspecified atom stereocenters. The number of para-hydroxylation sites is 1. The quantitative estimate of drug-likeness (QED) is 0.245. The number of esters is 1. The van der Waals surface area contributed by atoms with Crippen LogP contribution in [0.4, 0.5) is 11.4 Å². The molecule has 10 nitrogen and oxygen atoms in total. The van der Waals surface area contributed by atoms with Crippen molar-refractivity contribution in [2.24, 2.45) is 5.92 Å². The van der Waals surface area contributed by atoms with Gasteiger partial charge in [0.2, 0.25) is 10.0 Å². The van der Waals surface area contributed by atoms with Crippen molar-refractivity contribution in [3.63, 3.8) is 0 Å². The zero-order valence-electron chi connectivity index (χ0n) is 19.4. The number of anilines is 1. The van der Waals surface area contributed by atoms with E-state index >= 15 is 0 Å². The number of carbonyl (C=O) groups excluding carboxylic acids is 1. The number of rotatable bonds is 9. The van der Waals surface area contributed by atoms with Crippen LogP contribution in [-0.4, -0.2) is 57.0 Å². The molecule has 0 saturated carbocycles. The van der Waals surface area contributed by atoms with E-state index in [0.29, 0.717) is 12.8 Å². The molecule has 0 aliphatic carbocycles. The SMILES string of the molecule is CNc1ccc(S(=O)(=O)N2CCC(C(=O)OCCOc3c(C)cccc3C)CC2)cc1[N+](=O)[O-]. The monoisotopic (exact) mass is 491 g/mol. The van der Waals surface area contributed by atoms with Crippen molar-refractivity contribution in [1.82, 2.24) is 4.31 Å². The Balaban J connectivity index is 1.53. The third-order valence-corrected chi connectivity index (χ3v) is 7.74. The van der Waals surface area contributed by atoms with Crippen molar-refractivity contribution in [3.05, 3.63) is 57.6 Å². The standard InChI is InChI=1S/C23H29N3O7S/c1-16-5-4-6-17(2)22(16)32-13-14-33-23(27)18-9-11-25(12-10-18)34(30,31)19-7-8-20(24-3)21(15-19)26(28)29/h4-8,15,18,24H,9-14H2,1-3H3. The van der Waals surface area contributed by atoms with Gasteiger partial charge in [0.1, 0.15) is 24.7 Å². The van der Waals surface area contributed by atoms with Crippen LogP contribution in [0.2, 0.25) is 0 Å². The largest absolute Gasteiger partial charge is 0.489 e. The number of hydrogen-bond acceptors (Lipinski definition) is 8. The van der Waals surface area contributed by atoms with E-state index in [1.165, 1.54) is 23.5 Å². The molecule has 184 valence electrons. The van der Waals surface area contributed by atoms with Gasteiger partial charge in [0, 0.05) is 26.2 Å². The smallest absolute Gasteiger partial charge is 0.309 e. The highest BCUT2D eigenvalue weighted by molar-refractivity contribution is 7.89. The summed E-state index contributed by atoms with van der Waals surface area (Å²) >= 11 is 0. The maximum absolute atomic E-state index is 13.0. The Bertz CT molecular complexity index is 1140. The van der Waals surface area contributed by atoms with E-state index in [1.54, 1.807) is 0 Å². The minimum Gasteiger partial charge on any atom is -0.489 e. The van der Waals surface area contributed by atoms with Crippen molar-refractivity contribution in [3.8, 4) is 5.75 Å². The normalized spacial score (nSPS) is 15.0. The average Bonchev–Trinajstić information content (AvgIpc) is 2.82. The van der Waals surface area contributed by atoms with Gasteiger partial charge >= 0.3 is 5.97 Å². The first kappa shape index (κ1) is 25.4. The first-order valence-corrected chi connectivity index (χ1v) is 12.4. The minimum absolute atomic E-state index is 0.104. The molecular formula is C23H29N3O7S. The zero-order valence-corrected chi connectivity index (χ0v) is 20.3. The summed E-state index contributed by atoms with van der Waals surface area (Å²) in [6, 6.07) is 9.60. The number of nitro benzene ring substituents is 1. The molecule has 1 aliphatic heterocycles. The van der Waals surface area contributed by atoms with Crippen LogP contribution >= 0.6 is 0 Å². The summed E-state index contributed by atoms with van der Waals surface area (Å²) in [7, 11) is -2.40. The summed E-state index contributed by atoms with van der Waals surface area (Å²) in [6.07, 6.45) is 0.624. The Hall–Kier alpha value is -3.18. The predicted octanol–water partition coefficient (Wildman–Crippen LogP) is 3.28. The maximum Gasteiger partial charge on any atom is 0.309 e. The molecule has 1 heterocycles. The van der Waals surface area contributed by atoms with E-state index in [0.717, 1.165) is 22.9 Å². The second-order valence-corrected chi connectivity index (χ2v) is 10.0. The van der Waals surface area contributed by atoms with E-state index in [1.807, 2.05) is 32.0 Å². The Morgan fingerprint density at radius 3 is 2.38 bits per heavy atom. The van der Waals surface area contributed by atoms with E-state index in [2.05, 4.69) is 5.32 Å². The van der Waals surface area contributed by atoms with Crippen molar-refractivity contribution in [1.29, 1.82) is 0 Å². The van der Waals surface area contributed by atoms with E-state index in [4.69, 9.17) is 9.47 Å². The van der Waals surface area contributed by atoms with Gasteiger partial charge < -0.3 is 14.8 Å². The maximum atomic E-state index is 13.0. The van der Waals surface area contributed by atoms with Crippen LogP contribution < -0.4 is 10.1 Å². The topological polar surface area (TPSA) is 128 Å². The van der Waals surface area contributed by atoms with Gasteiger partial charge in [0.05, 0.1) is 15.7 Å². The second-order valence-electron chi connectivity index (χ2n) is 8.10. The number of piperidine rings is 1. The molecule has 0 radical (unpaired) electrons. The van der Waals surface area contributed by atoms with E-state index in [-0.39, 0.29) is 48.5 Å². The van der Waals surface area contributed by atoms with Gasteiger partial charge in [-0.2, -0.15) is 4.31 Å². The first-order valence-electron chi connectivity index (χ1n) is 11.0. The highest BCUT2D eigenvalue weighted by atomic mass is 32.2. The molecule has 3 rings (SSSR count). The molecule has 0 bridgehead atoms. The number of nitrogens with zero attached hydrogens (tertiary/aromatic N) is 2. The minimum atomic E-state index is -3.92. The Labute approximate surface area is 199 Å².